The molecule has 1 aromatic carbocycles. The predicted molar refractivity (Wildman–Crippen MR) is 129 cm³/mol. The Balaban J connectivity index is 1.46. The van der Waals surface area contributed by atoms with Gasteiger partial charge in [-0.25, -0.2) is 9.37 Å². The van der Waals surface area contributed by atoms with Gasteiger partial charge >= 0.3 is 12.1 Å². The molecule has 198 valence electrons. The second kappa shape index (κ2) is 11.1. The Bertz CT molecular complexity index is 1300. The highest BCUT2D eigenvalue weighted by Gasteiger charge is 2.38. The van der Waals surface area contributed by atoms with E-state index in [0.29, 0.717) is 66.7 Å². The van der Waals surface area contributed by atoms with E-state index in [2.05, 4.69) is 4.98 Å². The quantitative estimate of drug-likeness (QED) is 0.349. The number of alkyl halides is 3. The van der Waals surface area contributed by atoms with Crippen LogP contribution in [-0.2, 0) is 22.6 Å². The summed E-state index contributed by atoms with van der Waals surface area (Å²) in [5, 5.41) is 2.77. The van der Waals surface area contributed by atoms with Crippen LogP contribution in [0.15, 0.2) is 36.7 Å². The van der Waals surface area contributed by atoms with Gasteiger partial charge in [-0.15, -0.1) is 0 Å². The average molecular weight is 541 g/mol. The molecule has 4 rings (SSSR count). The van der Waals surface area contributed by atoms with Crippen molar-refractivity contribution in [2.45, 2.75) is 38.0 Å². The largest absolute Gasteiger partial charge is 0.471 e. The molecule has 0 unspecified atom stereocenters. The maximum absolute atomic E-state index is 14.6. The number of ether oxygens (including phenoxy) is 1. The third-order valence-corrected chi connectivity index (χ3v) is 6.78. The number of piperidine rings is 1. The zero-order valence-electron chi connectivity index (χ0n) is 19.9. The van der Waals surface area contributed by atoms with Crippen molar-refractivity contribution < 1.29 is 31.9 Å². The number of nitrogens with zero attached hydrogens (tertiary/aromatic N) is 3. The summed E-state index contributed by atoms with van der Waals surface area (Å²) >= 11 is 6.31. The molecular weight excluding hydrogens is 516 g/mol. The molecule has 3 aromatic rings. The highest BCUT2D eigenvalue weighted by atomic mass is 35.5. The van der Waals surface area contributed by atoms with Crippen molar-refractivity contribution in [2.75, 3.05) is 26.8 Å². The first kappa shape index (κ1) is 26.9. The van der Waals surface area contributed by atoms with Crippen LogP contribution in [0.2, 0.25) is 5.15 Å². The number of rotatable bonds is 7. The van der Waals surface area contributed by atoms with E-state index in [-0.39, 0.29) is 23.5 Å². The number of benzene rings is 1. The molecule has 7 nitrogen and oxygen atoms in total. The number of carbonyl (C=O) groups is 2. The molecule has 1 fully saturated rings. The summed E-state index contributed by atoms with van der Waals surface area (Å²) in [6, 6.07) is 5.75. The summed E-state index contributed by atoms with van der Waals surface area (Å²) in [5.74, 6) is -2.92. The van der Waals surface area contributed by atoms with Crippen LogP contribution in [0, 0.1) is 5.82 Å². The van der Waals surface area contributed by atoms with Gasteiger partial charge < -0.3 is 19.5 Å². The van der Waals surface area contributed by atoms with E-state index in [1.54, 1.807) is 35.8 Å². The molecule has 12 heteroatoms. The van der Waals surface area contributed by atoms with Crippen LogP contribution in [0.1, 0.15) is 40.2 Å². The molecule has 1 saturated heterocycles. The van der Waals surface area contributed by atoms with Crippen molar-refractivity contribution in [3.05, 3.63) is 64.3 Å². The molecule has 0 atom stereocenters. The van der Waals surface area contributed by atoms with Crippen molar-refractivity contribution in [1.29, 1.82) is 0 Å². The second-order valence-electron chi connectivity index (χ2n) is 8.83. The Kier molecular flexibility index (Phi) is 8.03. The van der Waals surface area contributed by atoms with E-state index in [1.165, 1.54) is 18.2 Å². The van der Waals surface area contributed by atoms with Crippen LogP contribution >= 0.6 is 11.6 Å². The normalized spacial score (nSPS) is 14.8. The second-order valence-corrected chi connectivity index (χ2v) is 9.19. The summed E-state index contributed by atoms with van der Waals surface area (Å²) in [4.78, 5) is 30.3. The molecule has 0 radical (unpaired) electrons. The van der Waals surface area contributed by atoms with Gasteiger partial charge in [0, 0.05) is 51.1 Å². The number of hydrogen-bond donors (Lipinski definition) is 1. The van der Waals surface area contributed by atoms with E-state index in [0.717, 1.165) is 0 Å². The van der Waals surface area contributed by atoms with Crippen molar-refractivity contribution in [2.24, 2.45) is 0 Å². The van der Waals surface area contributed by atoms with Crippen molar-refractivity contribution in [3.8, 4) is 0 Å². The minimum atomic E-state index is -4.99. The summed E-state index contributed by atoms with van der Waals surface area (Å²) in [6.07, 6.45) is -0.747. The lowest BCUT2D eigenvalue weighted by Crippen LogP contribution is -2.38. The van der Waals surface area contributed by atoms with Crippen LogP contribution in [0.5, 0.6) is 0 Å². The van der Waals surface area contributed by atoms with Gasteiger partial charge in [-0.3, -0.25) is 9.59 Å². The molecule has 0 saturated carbocycles. The topological polar surface area (TPSA) is 76.5 Å². The fraction of sp³-hybridized carbons (Fsp3) is 0.400. The molecule has 37 heavy (non-hydrogen) atoms. The van der Waals surface area contributed by atoms with Crippen LogP contribution in [0.4, 0.5) is 17.6 Å². The fourth-order valence-corrected chi connectivity index (χ4v) is 4.87. The molecule has 0 aliphatic carbocycles. The molecule has 3 heterocycles. The number of pyridine rings is 1. The maximum atomic E-state index is 14.6. The number of carbonyl (C=O) groups excluding carboxylic acids is 2. The first-order valence-corrected chi connectivity index (χ1v) is 12.0. The number of nitrogens with one attached hydrogen (secondary N) is 1. The zero-order chi connectivity index (χ0) is 26.7. The van der Waals surface area contributed by atoms with Gasteiger partial charge in [-0.05, 0) is 42.0 Å². The number of fused-ring (bicyclic) bond motifs is 1. The predicted octanol–water partition coefficient (Wildman–Crippen LogP) is 4.67. The molecule has 2 amide bonds. The lowest BCUT2D eigenvalue weighted by molar-refractivity contribution is -0.173. The zero-order valence-corrected chi connectivity index (χ0v) is 20.7. The molecule has 2 aromatic heterocycles. The minimum Gasteiger partial charge on any atom is -0.383 e. The van der Waals surface area contributed by atoms with Gasteiger partial charge in [0.15, 0.2) is 5.15 Å². The fourth-order valence-electron chi connectivity index (χ4n) is 4.61. The monoisotopic (exact) mass is 540 g/mol. The Labute approximate surface area is 215 Å². The minimum absolute atomic E-state index is 0.175. The van der Waals surface area contributed by atoms with Crippen molar-refractivity contribution in [1.82, 2.24) is 19.8 Å². The SMILES string of the molecule is COCCn1cc(C(=O)N2CCC(c3cc(CNC(=O)C(F)(F)F)ccc3F)CC2)c2ccnc(Cl)c21. The van der Waals surface area contributed by atoms with E-state index < -0.39 is 17.9 Å². The first-order chi connectivity index (χ1) is 17.6. The third kappa shape index (κ3) is 5.88. The van der Waals surface area contributed by atoms with Crippen LogP contribution in [0.3, 0.4) is 0 Å². The van der Waals surface area contributed by atoms with E-state index in [4.69, 9.17) is 16.3 Å². The Morgan fingerprint density at radius 1 is 1.22 bits per heavy atom. The summed E-state index contributed by atoms with van der Waals surface area (Å²) in [6.45, 7) is 1.31. The standard InChI is InChI=1S/C25H25ClF4N4O3/c1-37-11-10-34-14-19(17-4-7-31-22(26)21(17)34)23(35)33-8-5-16(6-9-33)18-12-15(2-3-20(18)27)13-32-24(36)25(28,29)30/h2-4,7,12,14,16H,5-6,8-11,13H2,1H3,(H,32,36). The summed E-state index contributed by atoms with van der Waals surface area (Å²) in [7, 11) is 1.58. The molecule has 1 aliphatic rings. The Morgan fingerprint density at radius 3 is 2.62 bits per heavy atom. The number of likely N-dealkylation sites (tertiary alicyclic amines) is 1. The number of methoxy groups -OCH3 is 1. The van der Waals surface area contributed by atoms with Gasteiger partial charge in [-0.1, -0.05) is 23.7 Å². The number of amides is 2. The Hall–Kier alpha value is -3.18. The van der Waals surface area contributed by atoms with Crippen LogP contribution in [-0.4, -0.2) is 59.2 Å². The molecule has 0 spiro atoms. The molecule has 1 N–H and O–H groups in total. The number of halogens is 5. The number of aromatic nitrogens is 2. The highest BCUT2D eigenvalue weighted by molar-refractivity contribution is 6.34. The lowest BCUT2D eigenvalue weighted by atomic mass is 9.88. The van der Waals surface area contributed by atoms with E-state index >= 15 is 0 Å². The lowest BCUT2D eigenvalue weighted by Gasteiger charge is -2.32. The van der Waals surface area contributed by atoms with Gasteiger partial charge in [-0.2, -0.15) is 13.2 Å². The van der Waals surface area contributed by atoms with Gasteiger partial charge in [0.05, 0.1) is 17.7 Å². The summed E-state index contributed by atoms with van der Waals surface area (Å²) in [5.41, 5.74) is 1.86. The van der Waals surface area contributed by atoms with Crippen molar-refractivity contribution in [3.63, 3.8) is 0 Å². The van der Waals surface area contributed by atoms with Gasteiger partial charge in [0.1, 0.15) is 5.82 Å². The summed E-state index contributed by atoms with van der Waals surface area (Å²) < 4.78 is 58.9. The highest BCUT2D eigenvalue weighted by Crippen LogP contribution is 2.33. The van der Waals surface area contributed by atoms with Crippen LogP contribution < -0.4 is 5.32 Å². The van der Waals surface area contributed by atoms with Gasteiger partial charge in [0.25, 0.3) is 5.91 Å². The average Bonchev–Trinajstić information content (AvgIpc) is 3.25. The third-order valence-electron chi connectivity index (χ3n) is 6.50. The van der Waals surface area contributed by atoms with Crippen molar-refractivity contribution >= 4 is 34.3 Å². The van der Waals surface area contributed by atoms with E-state index in [1.807, 2.05) is 4.57 Å². The van der Waals surface area contributed by atoms with E-state index in [9.17, 15) is 27.2 Å². The molecule has 0 bridgehead atoms. The Morgan fingerprint density at radius 2 is 1.95 bits per heavy atom. The van der Waals surface area contributed by atoms with Gasteiger partial charge in [0.2, 0.25) is 0 Å². The number of hydrogen-bond acceptors (Lipinski definition) is 4. The maximum Gasteiger partial charge on any atom is 0.471 e. The van der Waals surface area contributed by atoms with Crippen LogP contribution in [0.25, 0.3) is 10.9 Å². The molecule has 1 aliphatic heterocycles. The smallest absolute Gasteiger partial charge is 0.383 e. The molecular formula is C25H25ClF4N4O3. The first-order valence-electron chi connectivity index (χ1n) is 11.6.